The molecule has 1 heterocycles. The van der Waals surface area contributed by atoms with Gasteiger partial charge in [0, 0.05) is 6.54 Å². The standard InChI is InChI=1S/C14H26N2O4S/c1-6-10-13(18)16(11(7-2)12(17)15-10)8-9-21(19,20)14(3,4)5/h10-11H,6-9H2,1-5H3,(H,15,17). The second-order valence-electron chi connectivity index (χ2n) is 6.36. The third-order valence-electron chi connectivity index (χ3n) is 3.91. The van der Waals surface area contributed by atoms with E-state index in [1.54, 1.807) is 20.8 Å². The van der Waals surface area contributed by atoms with E-state index < -0.39 is 26.7 Å². The van der Waals surface area contributed by atoms with E-state index in [0.29, 0.717) is 12.8 Å². The second kappa shape index (κ2) is 6.34. The molecule has 1 fully saturated rings. The molecule has 2 unspecified atom stereocenters. The molecule has 0 saturated carbocycles. The smallest absolute Gasteiger partial charge is 0.245 e. The van der Waals surface area contributed by atoms with E-state index in [-0.39, 0.29) is 24.1 Å². The Hall–Kier alpha value is -1.11. The van der Waals surface area contributed by atoms with Gasteiger partial charge in [-0.2, -0.15) is 0 Å². The number of carbonyl (C=O) groups is 2. The maximum absolute atomic E-state index is 12.4. The molecule has 1 aliphatic heterocycles. The maximum atomic E-state index is 12.4. The van der Waals surface area contributed by atoms with Gasteiger partial charge >= 0.3 is 0 Å². The van der Waals surface area contributed by atoms with Crippen LogP contribution < -0.4 is 5.32 Å². The van der Waals surface area contributed by atoms with Gasteiger partial charge in [0.25, 0.3) is 0 Å². The van der Waals surface area contributed by atoms with E-state index >= 15 is 0 Å². The minimum Gasteiger partial charge on any atom is -0.343 e. The number of amides is 2. The summed E-state index contributed by atoms with van der Waals surface area (Å²) in [7, 11) is -3.32. The maximum Gasteiger partial charge on any atom is 0.245 e. The number of piperazine rings is 1. The largest absolute Gasteiger partial charge is 0.343 e. The lowest BCUT2D eigenvalue weighted by molar-refractivity contribution is -0.149. The SMILES string of the molecule is CCC1NC(=O)C(CC)N(CCS(=O)(=O)C(C)(C)C)C1=O. The van der Waals surface area contributed by atoms with Crippen LogP contribution >= 0.6 is 0 Å². The van der Waals surface area contributed by atoms with Crippen LogP contribution in [0.5, 0.6) is 0 Å². The Morgan fingerprint density at radius 1 is 1.14 bits per heavy atom. The first-order valence-electron chi connectivity index (χ1n) is 7.38. The highest BCUT2D eigenvalue weighted by molar-refractivity contribution is 7.92. The van der Waals surface area contributed by atoms with Crippen LogP contribution in [0, 0.1) is 0 Å². The van der Waals surface area contributed by atoms with Crippen molar-refractivity contribution in [3.8, 4) is 0 Å². The Bertz CT molecular complexity index is 508. The Labute approximate surface area is 127 Å². The van der Waals surface area contributed by atoms with Gasteiger partial charge in [0.05, 0.1) is 10.5 Å². The Balaban J connectivity index is 2.92. The normalized spacial score (nSPS) is 24.1. The lowest BCUT2D eigenvalue weighted by atomic mass is 10.0. The summed E-state index contributed by atoms with van der Waals surface area (Å²) in [6, 6.07) is -1.12. The molecular weight excluding hydrogens is 292 g/mol. The molecule has 0 aromatic carbocycles. The topological polar surface area (TPSA) is 83.6 Å². The zero-order valence-electron chi connectivity index (χ0n) is 13.5. The summed E-state index contributed by atoms with van der Waals surface area (Å²) in [4.78, 5) is 25.8. The first-order chi connectivity index (χ1) is 9.55. The molecule has 2 amide bonds. The number of hydrogen-bond acceptors (Lipinski definition) is 4. The highest BCUT2D eigenvalue weighted by atomic mass is 32.2. The zero-order chi connectivity index (χ0) is 16.4. The van der Waals surface area contributed by atoms with Crippen LogP contribution in [-0.4, -0.2) is 54.3 Å². The van der Waals surface area contributed by atoms with Crippen LogP contribution in [0.4, 0.5) is 0 Å². The fraction of sp³-hybridized carbons (Fsp3) is 0.857. The highest BCUT2D eigenvalue weighted by Crippen LogP contribution is 2.19. The van der Waals surface area contributed by atoms with Crippen molar-refractivity contribution >= 4 is 21.7 Å². The fourth-order valence-electron chi connectivity index (χ4n) is 2.30. The monoisotopic (exact) mass is 318 g/mol. The average molecular weight is 318 g/mol. The molecule has 0 bridgehead atoms. The molecule has 0 aliphatic carbocycles. The van der Waals surface area contributed by atoms with Gasteiger partial charge in [0.15, 0.2) is 9.84 Å². The molecule has 0 aromatic heterocycles. The van der Waals surface area contributed by atoms with E-state index in [1.165, 1.54) is 4.90 Å². The van der Waals surface area contributed by atoms with Crippen LogP contribution in [-0.2, 0) is 19.4 Å². The quantitative estimate of drug-likeness (QED) is 0.809. The zero-order valence-corrected chi connectivity index (χ0v) is 14.3. The van der Waals surface area contributed by atoms with Gasteiger partial charge in [-0.05, 0) is 33.6 Å². The van der Waals surface area contributed by atoms with Crippen molar-refractivity contribution in [3.63, 3.8) is 0 Å². The Kier molecular flexibility index (Phi) is 5.41. The van der Waals surface area contributed by atoms with Crippen molar-refractivity contribution in [2.75, 3.05) is 12.3 Å². The van der Waals surface area contributed by atoms with Crippen LogP contribution in [0.3, 0.4) is 0 Å². The van der Waals surface area contributed by atoms with Crippen LogP contribution in [0.2, 0.25) is 0 Å². The van der Waals surface area contributed by atoms with E-state index in [2.05, 4.69) is 5.32 Å². The van der Waals surface area contributed by atoms with Gasteiger partial charge in [0.2, 0.25) is 11.8 Å². The molecule has 7 heteroatoms. The predicted octanol–water partition coefficient (Wildman–Crippen LogP) is 0.715. The van der Waals surface area contributed by atoms with Gasteiger partial charge in [0.1, 0.15) is 12.1 Å². The van der Waals surface area contributed by atoms with Crippen molar-refractivity contribution in [2.24, 2.45) is 0 Å². The molecule has 1 N–H and O–H groups in total. The minimum absolute atomic E-state index is 0.0703. The number of carbonyl (C=O) groups excluding carboxylic acids is 2. The van der Waals surface area contributed by atoms with Crippen molar-refractivity contribution in [1.29, 1.82) is 0 Å². The van der Waals surface area contributed by atoms with Crippen molar-refractivity contribution in [2.45, 2.75) is 64.3 Å². The molecule has 122 valence electrons. The summed E-state index contributed by atoms with van der Waals surface area (Å²) in [5.41, 5.74) is 0. The number of sulfone groups is 1. The molecule has 1 saturated heterocycles. The van der Waals surface area contributed by atoms with Gasteiger partial charge in [-0.1, -0.05) is 13.8 Å². The molecule has 1 rings (SSSR count). The summed E-state index contributed by atoms with van der Waals surface area (Å²) in [5, 5.41) is 2.69. The first-order valence-corrected chi connectivity index (χ1v) is 9.03. The number of nitrogens with one attached hydrogen (secondary N) is 1. The van der Waals surface area contributed by atoms with Gasteiger partial charge in [-0.3, -0.25) is 9.59 Å². The van der Waals surface area contributed by atoms with Crippen molar-refractivity contribution in [3.05, 3.63) is 0 Å². The predicted molar refractivity (Wildman–Crippen MR) is 81.6 cm³/mol. The summed E-state index contributed by atoms with van der Waals surface area (Å²) in [5.74, 6) is -0.507. The van der Waals surface area contributed by atoms with Crippen LogP contribution in [0.25, 0.3) is 0 Å². The summed E-state index contributed by atoms with van der Waals surface area (Å²) < 4.78 is 23.5. The molecule has 0 radical (unpaired) electrons. The van der Waals surface area contributed by atoms with Gasteiger partial charge in [-0.25, -0.2) is 8.42 Å². The minimum atomic E-state index is -3.32. The highest BCUT2D eigenvalue weighted by Gasteiger charge is 2.40. The molecule has 21 heavy (non-hydrogen) atoms. The fourth-order valence-corrected chi connectivity index (χ4v) is 3.35. The molecular formula is C14H26N2O4S. The van der Waals surface area contributed by atoms with E-state index in [0.717, 1.165) is 0 Å². The third-order valence-corrected chi connectivity index (χ3v) is 6.49. The molecule has 2 atom stereocenters. The van der Waals surface area contributed by atoms with E-state index in [9.17, 15) is 18.0 Å². The average Bonchev–Trinajstić information content (AvgIpc) is 2.37. The Morgan fingerprint density at radius 3 is 2.14 bits per heavy atom. The molecule has 1 aliphatic rings. The lowest BCUT2D eigenvalue weighted by Crippen LogP contribution is -2.63. The summed E-state index contributed by atoms with van der Waals surface area (Å²) in [6.45, 7) is 8.62. The number of hydrogen-bond donors (Lipinski definition) is 1. The van der Waals surface area contributed by atoms with Crippen molar-refractivity contribution in [1.82, 2.24) is 10.2 Å². The van der Waals surface area contributed by atoms with E-state index in [4.69, 9.17) is 0 Å². The Morgan fingerprint density at radius 2 is 1.71 bits per heavy atom. The lowest BCUT2D eigenvalue weighted by Gasteiger charge is -2.38. The van der Waals surface area contributed by atoms with Gasteiger partial charge in [-0.15, -0.1) is 0 Å². The number of nitrogens with zero attached hydrogens (tertiary/aromatic N) is 1. The van der Waals surface area contributed by atoms with Crippen LogP contribution in [0.1, 0.15) is 47.5 Å². The third kappa shape index (κ3) is 3.75. The van der Waals surface area contributed by atoms with Crippen molar-refractivity contribution < 1.29 is 18.0 Å². The van der Waals surface area contributed by atoms with E-state index in [1.807, 2.05) is 13.8 Å². The second-order valence-corrected chi connectivity index (χ2v) is 9.22. The first kappa shape index (κ1) is 17.9. The summed E-state index contributed by atoms with van der Waals surface area (Å²) >= 11 is 0. The molecule has 0 aromatic rings. The summed E-state index contributed by atoms with van der Waals surface area (Å²) in [6.07, 6.45) is 0.979. The molecule has 6 nitrogen and oxygen atoms in total. The molecule has 0 spiro atoms. The van der Waals surface area contributed by atoms with Gasteiger partial charge < -0.3 is 10.2 Å². The van der Waals surface area contributed by atoms with Crippen LogP contribution in [0.15, 0.2) is 0 Å². The number of rotatable bonds is 5.